The second kappa shape index (κ2) is 5.99. The van der Waals surface area contributed by atoms with Crippen molar-refractivity contribution in [1.82, 2.24) is 5.32 Å². The molecular formula is C18H20ClN. The summed E-state index contributed by atoms with van der Waals surface area (Å²) in [5.41, 5.74) is 5.51. The van der Waals surface area contributed by atoms with Gasteiger partial charge < -0.3 is 5.32 Å². The van der Waals surface area contributed by atoms with E-state index in [0.717, 1.165) is 17.1 Å². The molecule has 1 N–H and O–H groups in total. The highest BCUT2D eigenvalue weighted by atomic mass is 35.5. The lowest BCUT2D eigenvalue weighted by Gasteiger charge is -2.21. The van der Waals surface area contributed by atoms with Crippen molar-refractivity contribution in [2.75, 3.05) is 6.54 Å². The quantitative estimate of drug-likeness (QED) is 0.870. The number of halogens is 1. The molecule has 0 bridgehead atoms. The average Bonchev–Trinajstić information content (AvgIpc) is 2.93. The zero-order valence-electron chi connectivity index (χ0n) is 11.8. The summed E-state index contributed by atoms with van der Waals surface area (Å²) in [7, 11) is 0. The Hall–Kier alpha value is -1.31. The van der Waals surface area contributed by atoms with Crippen molar-refractivity contribution in [3.63, 3.8) is 0 Å². The van der Waals surface area contributed by atoms with Gasteiger partial charge in [-0.1, -0.05) is 54.9 Å². The van der Waals surface area contributed by atoms with Gasteiger partial charge >= 0.3 is 0 Å². The molecule has 0 saturated carbocycles. The van der Waals surface area contributed by atoms with E-state index in [0.29, 0.717) is 0 Å². The first-order valence-electron chi connectivity index (χ1n) is 7.39. The van der Waals surface area contributed by atoms with Gasteiger partial charge in [0.15, 0.2) is 0 Å². The van der Waals surface area contributed by atoms with Crippen LogP contribution in [-0.2, 0) is 12.8 Å². The summed E-state index contributed by atoms with van der Waals surface area (Å²) in [6.07, 6.45) is 3.73. The summed E-state index contributed by atoms with van der Waals surface area (Å²) in [6.45, 7) is 3.06. The molecule has 1 aliphatic carbocycles. The third-order valence-corrected chi connectivity index (χ3v) is 4.42. The second-order valence-electron chi connectivity index (χ2n) is 5.39. The van der Waals surface area contributed by atoms with E-state index >= 15 is 0 Å². The summed E-state index contributed by atoms with van der Waals surface area (Å²) >= 11 is 6.38. The first kappa shape index (κ1) is 13.7. The van der Waals surface area contributed by atoms with Crippen LogP contribution in [0.15, 0.2) is 42.5 Å². The van der Waals surface area contributed by atoms with Crippen LogP contribution < -0.4 is 5.32 Å². The van der Waals surface area contributed by atoms with Gasteiger partial charge in [0.1, 0.15) is 0 Å². The van der Waals surface area contributed by atoms with Crippen molar-refractivity contribution in [2.45, 2.75) is 32.2 Å². The van der Waals surface area contributed by atoms with Crippen LogP contribution in [0.3, 0.4) is 0 Å². The van der Waals surface area contributed by atoms with Crippen molar-refractivity contribution in [1.29, 1.82) is 0 Å². The standard InChI is InChI=1S/C18H20ClN/c1-2-20-18(16-8-3-4-9-17(16)19)15-11-10-13-6-5-7-14(13)12-15/h3-4,8-12,18,20H,2,5-7H2,1H3. The molecule has 0 aromatic heterocycles. The predicted molar refractivity (Wildman–Crippen MR) is 85.4 cm³/mol. The molecule has 0 spiro atoms. The van der Waals surface area contributed by atoms with Crippen LogP contribution in [-0.4, -0.2) is 6.54 Å². The molecule has 1 aliphatic rings. The Balaban J connectivity index is 2.01. The first-order valence-corrected chi connectivity index (χ1v) is 7.77. The van der Waals surface area contributed by atoms with Gasteiger partial charge in [0.25, 0.3) is 0 Å². The van der Waals surface area contributed by atoms with E-state index in [1.165, 1.54) is 36.0 Å². The lowest BCUT2D eigenvalue weighted by atomic mass is 9.95. The smallest absolute Gasteiger partial charge is 0.0591 e. The van der Waals surface area contributed by atoms with Crippen LogP contribution in [0.25, 0.3) is 0 Å². The van der Waals surface area contributed by atoms with Crippen molar-refractivity contribution in [2.24, 2.45) is 0 Å². The van der Waals surface area contributed by atoms with Gasteiger partial charge in [0, 0.05) is 5.02 Å². The monoisotopic (exact) mass is 285 g/mol. The molecule has 0 radical (unpaired) electrons. The van der Waals surface area contributed by atoms with Crippen LogP contribution in [0.4, 0.5) is 0 Å². The summed E-state index contributed by atoms with van der Waals surface area (Å²) in [6, 6.07) is 15.2. The molecule has 0 saturated heterocycles. The third-order valence-electron chi connectivity index (χ3n) is 4.08. The van der Waals surface area contributed by atoms with Crippen molar-refractivity contribution in [3.05, 3.63) is 69.7 Å². The third kappa shape index (κ3) is 2.61. The van der Waals surface area contributed by atoms with Gasteiger partial charge in [-0.05, 0) is 54.1 Å². The van der Waals surface area contributed by atoms with Crippen LogP contribution in [0.1, 0.15) is 41.6 Å². The Labute approximate surface area is 126 Å². The van der Waals surface area contributed by atoms with Crippen LogP contribution in [0.5, 0.6) is 0 Å². The highest BCUT2D eigenvalue weighted by Crippen LogP contribution is 2.31. The number of fused-ring (bicyclic) bond motifs is 1. The van der Waals surface area contributed by atoms with E-state index < -0.39 is 0 Å². The number of benzene rings is 2. The largest absolute Gasteiger partial charge is 0.306 e. The molecule has 0 amide bonds. The molecule has 1 unspecified atom stereocenters. The van der Waals surface area contributed by atoms with Crippen molar-refractivity contribution >= 4 is 11.6 Å². The average molecular weight is 286 g/mol. The summed E-state index contributed by atoms with van der Waals surface area (Å²) < 4.78 is 0. The maximum Gasteiger partial charge on any atom is 0.0591 e. The number of aryl methyl sites for hydroxylation is 2. The number of nitrogens with one attached hydrogen (secondary N) is 1. The summed E-state index contributed by atoms with van der Waals surface area (Å²) in [4.78, 5) is 0. The Bertz CT molecular complexity index is 606. The lowest BCUT2D eigenvalue weighted by molar-refractivity contribution is 0.630. The minimum absolute atomic E-state index is 0.180. The fourth-order valence-electron chi connectivity index (χ4n) is 3.09. The molecular weight excluding hydrogens is 266 g/mol. The second-order valence-corrected chi connectivity index (χ2v) is 5.80. The van der Waals surface area contributed by atoms with E-state index in [9.17, 15) is 0 Å². The van der Waals surface area contributed by atoms with E-state index in [2.05, 4.69) is 42.6 Å². The SMILES string of the molecule is CCNC(c1ccc2c(c1)CCC2)c1ccccc1Cl. The molecule has 2 aromatic carbocycles. The minimum atomic E-state index is 0.180. The maximum atomic E-state index is 6.38. The fraction of sp³-hybridized carbons (Fsp3) is 0.333. The molecule has 1 atom stereocenters. The van der Waals surface area contributed by atoms with Gasteiger partial charge in [0.05, 0.1) is 6.04 Å². The number of rotatable bonds is 4. The molecule has 0 aliphatic heterocycles. The number of hydrogen-bond acceptors (Lipinski definition) is 1. The van der Waals surface area contributed by atoms with Gasteiger partial charge in [-0.2, -0.15) is 0 Å². The number of hydrogen-bond donors (Lipinski definition) is 1. The summed E-state index contributed by atoms with van der Waals surface area (Å²) in [5, 5.41) is 4.40. The highest BCUT2D eigenvalue weighted by molar-refractivity contribution is 6.31. The van der Waals surface area contributed by atoms with E-state index in [-0.39, 0.29) is 6.04 Å². The maximum absolute atomic E-state index is 6.38. The molecule has 20 heavy (non-hydrogen) atoms. The van der Waals surface area contributed by atoms with Gasteiger partial charge in [0.2, 0.25) is 0 Å². The zero-order valence-corrected chi connectivity index (χ0v) is 12.6. The lowest BCUT2D eigenvalue weighted by Crippen LogP contribution is -2.22. The van der Waals surface area contributed by atoms with E-state index in [4.69, 9.17) is 11.6 Å². The van der Waals surface area contributed by atoms with E-state index in [1.807, 2.05) is 12.1 Å². The minimum Gasteiger partial charge on any atom is -0.306 e. The van der Waals surface area contributed by atoms with Crippen LogP contribution >= 0.6 is 11.6 Å². The Morgan fingerprint density at radius 1 is 1.10 bits per heavy atom. The normalized spacial score (nSPS) is 15.1. The van der Waals surface area contributed by atoms with Gasteiger partial charge in [-0.25, -0.2) is 0 Å². The van der Waals surface area contributed by atoms with Crippen molar-refractivity contribution in [3.8, 4) is 0 Å². The zero-order chi connectivity index (χ0) is 13.9. The molecule has 0 fully saturated rings. The van der Waals surface area contributed by atoms with Gasteiger partial charge in [-0.3, -0.25) is 0 Å². The molecule has 0 heterocycles. The molecule has 3 rings (SSSR count). The predicted octanol–water partition coefficient (Wildman–Crippen LogP) is 4.53. The van der Waals surface area contributed by atoms with Crippen LogP contribution in [0.2, 0.25) is 5.02 Å². The Kier molecular flexibility index (Phi) is 4.09. The molecule has 2 aromatic rings. The Morgan fingerprint density at radius 2 is 1.90 bits per heavy atom. The van der Waals surface area contributed by atoms with Crippen molar-refractivity contribution < 1.29 is 0 Å². The Morgan fingerprint density at radius 3 is 2.70 bits per heavy atom. The molecule has 2 heteroatoms. The van der Waals surface area contributed by atoms with Crippen LogP contribution in [0, 0.1) is 0 Å². The topological polar surface area (TPSA) is 12.0 Å². The van der Waals surface area contributed by atoms with Gasteiger partial charge in [-0.15, -0.1) is 0 Å². The fourth-order valence-corrected chi connectivity index (χ4v) is 3.34. The highest BCUT2D eigenvalue weighted by Gasteiger charge is 2.18. The molecule has 104 valence electrons. The van der Waals surface area contributed by atoms with E-state index in [1.54, 1.807) is 0 Å². The summed E-state index contributed by atoms with van der Waals surface area (Å²) in [5.74, 6) is 0. The molecule has 1 nitrogen and oxygen atoms in total. The first-order chi connectivity index (χ1) is 9.79.